The first-order valence-electron chi connectivity index (χ1n) is 4.65. The molecule has 14 heavy (non-hydrogen) atoms. The molecule has 0 fully saturated rings. The van der Waals surface area contributed by atoms with Crippen molar-refractivity contribution in [2.75, 3.05) is 6.61 Å². The maximum absolute atomic E-state index is 11.6. The molecule has 0 amide bonds. The Bertz CT molecular complexity index is 329. The third-order valence-corrected chi connectivity index (χ3v) is 1.86. The smallest absolute Gasteiger partial charge is 0.191 e. The van der Waals surface area contributed by atoms with Crippen LogP contribution < -0.4 is 0 Å². The molecule has 0 spiro atoms. The van der Waals surface area contributed by atoms with Gasteiger partial charge in [-0.15, -0.1) is 0 Å². The summed E-state index contributed by atoms with van der Waals surface area (Å²) in [5.74, 6) is -0.00991. The number of rotatable bonds is 4. The van der Waals surface area contributed by atoms with E-state index in [1.165, 1.54) is 0 Å². The van der Waals surface area contributed by atoms with Crippen LogP contribution in [0.25, 0.3) is 0 Å². The standard InChI is InChI=1S/C10H16N2O2/c1-7(2)14-6-10(13)9-5-12(4)11-8(9)3/h5,7H,6H2,1-4H3. The SMILES string of the molecule is Cc1nn(C)cc1C(=O)COC(C)C. The Labute approximate surface area is 83.9 Å². The van der Waals surface area contributed by atoms with E-state index < -0.39 is 0 Å². The molecule has 0 saturated carbocycles. The highest BCUT2D eigenvalue weighted by Gasteiger charge is 2.12. The van der Waals surface area contributed by atoms with Crippen LogP contribution in [0.3, 0.4) is 0 Å². The number of aryl methyl sites for hydroxylation is 2. The van der Waals surface area contributed by atoms with Crippen LogP contribution in [-0.4, -0.2) is 28.3 Å². The molecular formula is C10H16N2O2. The molecule has 0 bridgehead atoms. The van der Waals surface area contributed by atoms with Crippen LogP contribution in [0.2, 0.25) is 0 Å². The lowest BCUT2D eigenvalue weighted by molar-refractivity contribution is 0.0584. The van der Waals surface area contributed by atoms with Crippen LogP contribution in [0.15, 0.2) is 6.20 Å². The highest BCUT2D eigenvalue weighted by Crippen LogP contribution is 2.06. The highest BCUT2D eigenvalue weighted by atomic mass is 16.5. The number of carbonyl (C=O) groups excluding carboxylic acids is 1. The molecule has 0 unspecified atom stereocenters. The third kappa shape index (κ3) is 2.67. The maximum Gasteiger partial charge on any atom is 0.191 e. The minimum atomic E-state index is -0.00991. The number of ether oxygens (including phenoxy) is 1. The Morgan fingerprint density at radius 1 is 1.64 bits per heavy atom. The summed E-state index contributed by atoms with van der Waals surface area (Å²) in [6.45, 7) is 5.76. The van der Waals surface area contributed by atoms with Gasteiger partial charge in [0, 0.05) is 13.2 Å². The number of aromatic nitrogens is 2. The number of Topliss-reactive ketones (excluding diaryl/α,β-unsaturated/α-hetero) is 1. The van der Waals surface area contributed by atoms with E-state index in [-0.39, 0.29) is 18.5 Å². The highest BCUT2D eigenvalue weighted by molar-refractivity contribution is 5.97. The molecular weight excluding hydrogens is 180 g/mol. The molecule has 1 aromatic heterocycles. The summed E-state index contributed by atoms with van der Waals surface area (Å²) in [5, 5.41) is 4.10. The predicted octanol–water partition coefficient (Wildman–Crippen LogP) is 1.34. The Morgan fingerprint density at radius 3 is 2.71 bits per heavy atom. The Morgan fingerprint density at radius 2 is 2.29 bits per heavy atom. The zero-order valence-electron chi connectivity index (χ0n) is 9.07. The van der Waals surface area contributed by atoms with Gasteiger partial charge in [0.25, 0.3) is 0 Å². The number of carbonyl (C=O) groups is 1. The van der Waals surface area contributed by atoms with E-state index in [1.54, 1.807) is 17.9 Å². The Hall–Kier alpha value is -1.16. The van der Waals surface area contributed by atoms with Crippen molar-refractivity contribution in [3.63, 3.8) is 0 Å². The third-order valence-electron chi connectivity index (χ3n) is 1.86. The zero-order chi connectivity index (χ0) is 10.7. The van der Waals surface area contributed by atoms with Gasteiger partial charge in [-0.3, -0.25) is 9.48 Å². The normalized spacial score (nSPS) is 10.9. The van der Waals surface area contributed by atoms with Crippen molar-refractivity contribution in [1.29, 1.82) is 0 Å². The minimum Gasteiger partial charge on any atom is -0.371 e. The molecule has 0 atom stereocenters. The fraction of sp³-hybridized carbons (Fsp3) is 0.600. The van der Waals surface area contributed by atoms with Gasteiger partial charge < -0.3 is 4.74 Å². The molecule has 0 aliphatic rings. The summed E-state index contributed by atoms with van der Waals surface area (Å²) in [5.41, 5.74) is 1.40. The molecule has 0 saturated heterocycles. The lowest BCUT2D eigenvalue weighted by Crippen LogP contribution is -2.13. The quantitative estimate of drug-likeness (QED) is 0.682. The molecule has 1 rings (SSSR count). The molecule has 0 aliphatic carbocycles. The van der Waals surface area contributed by atoms with Crippen LogP contribution in [0.4, 0.5) is 0 Å². The van der Waals surface area contributed by atoms with Crippen molar-refractivity contribution in [1.82, 2.24) is 9.78 Å². The molecule has 78 valence electrons. The fourth-order valence-electron chi connectivity index (χ4n) is 1.19. The summed E-state index contributed by atoms with van der Waals surface area (Å²) in [7, 11) is 1.80. The predicted molar refractivity (Wildman–Crippen MR) is 53.4 cm³/mol. The molecule has 0 aromatic carbocycles. The lowest BCUT2D eigenvalue weighted by atomic mass is 10.2. The van der Waals surface area contributed by atoms with Gasteiger partial charge in [-0.1, -0.05) is 0 Å². The fourth-order valence-corrected chi connectivity index (χ4v) is 1.19. The van der Waals surface area contributed by atoms with Gasteiger partial charge in [0.05, 0.1) is 17.4 Å². The van der Waals surface area contributed by atoms with Gasteiger partial charge in [0.1, 0.15) is 6.61 Å². The molecule has 1 heterocycles. The largest absolute Gasteiger partial charge is 0.371 e. The Kier molecular flexibility index (Phi) is 3.41. The minimum absolute atomic E-state index is 0.00991. The molecule has 4 nitrogen and oxygen atoms in total. The second kappa shape index (κ2) is 4.37. The second-order valence-corrected chi connectivity index (χ2v) is 3.58. The van der Waals surface area contributed by atoms with Crippen molar-refractivity contribution < 1.29 is 9.53 Å². The maximum atomic E-state index is 11.6. The lowest BCUT2D eigenvalue weighted by Gasteiger charge is -2.05. The van der Waals surface area contributed by atoms with E-state index in [0.717, 1.165) is 5.69 Å². The van der Waals surface area contributed by atoms with Crippen molar-refractivity contribution in [2.24, 2.45) is 7.05 Å². The average Bonchev–Trinajstić information content (AvgIpc) is 2.41. The van der Waals surface area contributed by atoms with Gasteiger partial charge in [-0.2, -0.15) is 5.10 Å². The van der Waals surface area contributed by atoms with Crippen LogP contribution >= 0.6 is 0 Å². The van der Waals surface area contributed by atoms with Crippen LogP contribution in [0, 0.1) is 6.92 Å². The summed E-state index contributed by atoms with van der Waals surface area (Å²) in [4.78, 5) is 11.6. The van der Waals surface area contributed by atoms with Crippen molar-refractivity contribution in [2.45, 2.75) is 26.9 Å². The summed E-state index contributed by atoms with van der Waals surface area (Å²) < 4.78 is 6.87. The molecule has 4 heteroatoms. The molecule has 0 aliphatic heterocycles. The summed E-state index contributed by atoms with van der Waals surface area (Å²) >= 11 is 0. The van der Waals surface area contributed by atoms with E-state index in [4.69, 9.17) is 4.74 Å². The molecule has 0 N–H and O–H groups in total. The second-order valence-electron chi connectivity index (χ2n) is 3.58. The van der Waals surface area contributed by atoms with E-state index >= 15 is 0 Å². The average molecular weight is 196 g/mol. The number of hydrogen-bond donors (Lipinski definition) is 0. The number of ketones is 1. The summed E-state index contributed by atoms with van der Waals surface area (Å²) in [6, 6.07) is 0. The van der Waals surface area contributed by atoms with Crippen molar-refractivity contribution >= 4 is 5.78 Å². The van der Waals surface area contributed by atoms with Crippen molar-refractivity contribution in [3.8, 4) is 0 Å². The van der Waals surface area contributed by atoms with E-state index in [2.05, 4.69) is 5.10 Å². The van der Waals surface area contributed by atoms with E-state index in [9.17, 15) is 4.79 Å². The topological polar surface area (TPSA) is 44.1 Å². The zero-order valence-corrected chi connectivity index (χ0v) is 9.07. The van der Waals surface area contributed by atoms with Crippen LogP contribution in [0.5, 0.6) is 0 Å². The first-order chi connectivity index (χ1) is 6.50. The van der Waals surface area contributed by atoms with E-state index in [1.807, 2.05) is 20.8 Å². The van der Waals surface area contributed by atoms with Gasteiger partial charge >= 0.3 is 0 Å². The first kappa shape index (κ1) is 10.9. The van der Waals surface area contributed by atoms with Gasteiger partial charge in [-0.05, 0) is 20.8 Å². The van der Waals surface area contributed by atoms with Crippen LogP contribution in [-0.2, 0) is 11.8 Å². The molecule has 0 radical (unpaired) electrons. The van der Waals surface area contributed by atoms with Gasteiger partial charge in [0.2, 0.25) is 0 Å². The van der Waals surface area contributed by atoms with Crippen molar-refractivity contribution in [3.05, 3.63) is 17.5 Å². The number of nitrogens with zero attached hydrogens (tertiary/aromatic N) is 2. The monoisotopic (exact) mass is 196 g/mol. The van der Waals surface area contributed by atoms with Crippen LogP contribution in [0.1, 0.15) is 29.9 Å². The molecule has 1 aromatic rings. The van der Waals surface area contributed by atoms with Gasteiger partial charge in [0.15, 0.2) is 5.78 Å². The van der Waals surface area contributed by atoms with Gasteiger partial charge in [-0.25, -0.2) is 0 Å². The summed E-state index contributed by atoms with van der Waals surface area (Å²) in [6.07, 6.45) is 1.80. The van der Waals surface area contributed by atoms with E-state index in [0.29, 0.717) is 5.56 Å². The first-order valence-corrected chi connectivity index (χ1v) is 4.65. The Balaban J connectivity index is 2.65. The number of hydrogen-bond acceptors (Lipinski definition) is 3.